The normalized spacial score (nSPS) is 22.5. The number of piperazine rings is 1. The SMILES string of the molecule is CCCn1ncnc1CN1CCN[C@@H](C)C1. The van der Waals surface area contributed by atoms with E-state index in [0.717, 1.165) is 45.0 Å². The van der Waals surface area contributed by atoms with E-state index < -0.39 is 0 Å². The molecule has 0 radical (unpaired) electrons. The molecule has 2 rings (SSSR count). The second kappa shape index (κ2) is 5.41. The third-order valence-corrected chi connectivity index (χ3v) is 2.95. The first-order valence-corrected chi connectivity index (χ1v) is 6.12. The standard InChI is InChI=1S/C11H21N5/c1-3-5-16-11(13-9-14-16)8-15-6-4-12-10(2)7-15/h9-10,12H,3-8H2,1-2H3/t10-/m0/s1. The Morgan fingerprint density at radius 3 is 3.19 bits per heavy atom. The van der Waals surface area contributed by atoms with Gasteiger partial charge in [0.2, 0.25) is 0 Å². The van der Waals surface area contributed by atoms with Gasteiger partial charge in [-0.05, 0) is 13.3 Å². The van der Waals surface area contributed by atoms with Gasteiger partial charge in [0.1, 0.15) is 12.2 Å². The van der Waals surface area contributed by atoms with Gasteiger partial charge in [-0.15, -0.1) is 0 Å². The summed E-state index contributed by atoms with van der Waals surface area (Å²) >= 11 is 0. The minimum absolute atomic E-state index is 0.580. The molecule has 2 heterocycles. The maximum Gasteiger partial charge on any atom is 0.141 e. The van der Waals surface area contributed by atoms with Crippen LogP contribution in [0.15, 0.2) is 6.33 Å². The predicted molar refractivity (Wildman–Crippen MR) is 63.1 cm³/mol. The van der Waals surface area contributed by atoms with Crippen LogP contribution in [0.25, 0.3) is 0 Å². The Bertz CT molecular complexity index is 322. The number of aromatic nitrogens is 3. The topological polar surface area (TPSA) is 46.0 Å². The van der Waals surface area contributed by atoms with Gasteiger partial charge in [0.05, 0.1) is 6.54 Å². The van der Waals surface area contributed by atoms with Crippen molar-refractivity contribution in [1.29, 1.82) is 0 Å². The van der Waals surface area contributed by atoms with Crippen molar-refractivity contribution in [3.8, 4) is 0 Å². The number of aryl methyl sites for hydroxylation is 1. The van der Waals surface area contributed by atoms with Crippen LogP contribution >= 0.6 is 0 Å². The van der Waals surface area contributed by atoms with Crippen LogP contribution in [0.1, 0.15) is 26.1 Å². The average Bonchev–Trinajstić information content (AvgIpc) is 2.66. The molecule has 1 aliphatic heterocycles. The summed E-state index contributed by atoms with van der Waals surface area (Å²) in [6, 6.07) is 0.580. The largest absolute Gasteiger partial charge is 0.312 e. The Balaban J connectivity index is 1.94. The van der Waals surface area contributed by atoms with Crippen LogP contribution in [-0.2, 0) is 13.1 Å². The molecule has 0 aromatic carbocycles. The van der Waals surface area contributed by atoms with E-state index in [1.165, 1.54) is 0 Å². The Morgan fingerprint density at radius 2 is 2.44 bits per heavy atom. The fourth-order valence-electron chi connectivity index (χ4n) is 2.16. The van der Waals surface area contributed by atoms with Gasteiger partial charge in [-0.3, -0.25) is 4.90 Å². The van der Waals surface area contributed by atoms with Gasteiger partial charge in [-0.1, -0.05) is 6.92 Å². The Kier molecular flexibility index (Phi) is 3.90. The zero-order valence-corrected chi connectivity index (χ0v) is 10.2. The van der Waals surface area contributed by atoms with E-state index >= 15 is 0 Å². The zero-order chi connectivity index (χ0) is 11.4. The van der Waals surface area contributed by atoms with E-state index in [-0.39, 0.29) is 0 Å². The van der Waals surface area contributed by atoms with Crippen molar-refractivity contribution in [2.75, 3.05) is 19.6 Å². The van der Waals surface area contributed by atoms with Crippen LogP contribution < -0.4 is 5.32 Å². The molecule has 16 heavy (non-hydrogen) atoms. The van der Waals surface area contributed by atoms with Gasteiger partial charge in [-0.25, -0.2) is 9.67 Å². The molecule has 0 aliphatic carbocycles. The summed E-state index contributed by atoms with van der Waals surface area (Å²) in [7, 11) is 0. The lowest BCUT2D eigenvalue weighted by Gasteiger charge is -2.31. The average molecular weight is 223 g/mol. The van der Waals surface area contributed by atoms with E-state index in [9.17, 15) is 0 Å². The van der Waals surface area contributed by atoms with Crippen molar-refractivity contribution >= 4 is 0 Å². The molecule has 1 aliphatic rings. The Labute approximate surface area is 96.8 Å². The van der Waals surface area contributed by atoms with Crippen molar-refractivity contribution in [2.24, 2.45) is 0 Å². The molecular formula is C11H21N5. The maximum absolute atomic E-state index is 4.34. The predicted octanol–water partition coefficient (Wildman–Crippen LogP) is 0.482. The van der Waals surface area contributed by atoms with E-state index in [1.54, 1.807) is 6.33 Å². The molecule has 1 N–H and O–H groups in total. The van der Waals surface area contributed by atoms with Gasteiger partial charge in [0.15, 0.2) is 0 Å². The highest BCUT2D eigenvalue weighted by molar-refractivity contribution is 4.87. The van der Waals surface area contributed by atoms with Crippen molar-refractivity contribution in [1.82, 2.24) is 25.0 Å². The molecule has 1 atom stereocenters. The summed E-state index contributed by atoms with van der Waals surface area (Å²) < 4.78 is 2.02. The molecular weight excluding hydrogens is 202 g/mol. The fourth-order valence-corrected chi connectivity index (χ4v) is 2.16. The summed E-state index contributed by atoms with van der Waals surface area (Å²) in [6.07, 6.45) is 2.77. The van der Waals surface area contributed by atoms with E-state index in [0.29, 0.717) is 6.04 Å². The van der Waals surface area contributed by atoms with Gasteiger partial charge in [0, 0.05) is 32.2 Å². The molecule has 0 bridgehead atoms. The van der Waals surface area contributed by atoms with Crippen LogP contribution in [0, 0.1) is 0 Å². The van der Waals surface area contributed by atoms with E-state index in [1.807, 2.05) is 4.68 Å². The summed E-state index contributed by atoms with van der Waals surface area (Å²) in [5.74, 6) is 1.09. The molecule has 1 fully saturated rings. The molecule has 0 spiro atoms. The fraction of sp³-hybridized carbons (Fsp3) is 0.818. The monoisotopic (exact) mass is 223 g/mol. The van der Waals surface area contributed by atoms with Crippen molar-refractivity contribution in [2.45, 2.75) is 39.4 Å². The summed E-state index contributed by atoms with van der Waals surface area (Å²) in [4.78, 5) is 6.79. The third-order valence-electron chi connectivity index (χ3n) is 2.95. The first-order valence-electron chi connectivity index (χ1n) is 6.12. The zero-order valence-electron chi connectivity index (χ0n) is 10.2. The van der Waals surface area contributed by atoms with E-state index in [4.69, 9.17) is 0 Å². The Hall–Kier alpha value is -0.940. The molecule has 1 aromatic heterocycles. The van der Waals surface area contributed by atoms with Crippen LogP contribution in [-0.4, -0.2) is 45.3 Å². The van der Waals surface area contributed by atoms with Crippen molar-refractivity contribution < 1.29 is 0 Å². The summed E-state index contributed by atoms with van der Waals surface area (Å²) in [5.41, 5.74) is 0. The minimum Gasteiger partial charge on any atom is -0.312 e. The molecule has 5 heteroatoms. The van der Waals surface area contributed by atoms with Gasteiger partial charge >= 0.3 is 0 Å². The highest BCUT2D eigenvalue weighted by Crippen LogP contribution is 2.05. The van der Waals surface area contributed by atoms with Crippen molar-refractivity contribution in [3.63, 3.8) is 0 Å². The van der Waals surface area contributed by atoms with Crippen LogP contribution in [0.2, 0.25) is 0 Å². The lowest BCUT2D eigenvalue weighted by atomic mass is 10.2. The molecule has 5 nitrogen and oxygen atoms in total. The Morgan fingerprint density at radius 1 is 1.56 bits per heavy atom. The van der Waals surface area contributed by atoms with Crippen LogP contribution in [0.4, 0.5) is 0 Å². The molecule has 1 saturated heterocycles. The smallest absolute Gasteiger partial charge is 0.141 e. The third kappa shape index (κ3) is 2.80. The summed E-state index contributed by atoms with van der Waals surface area (Å²) in [6.45, 7) is 9.55. The number of hydrogen-bond acceptors (Lipinski definition) is 4. The van der Waals surface area contributed by atoms with Gasteiger partial charge in [0.25, 0.3) is 0 Å². The number of rotatable bonds is 4. The first-order chi connectivity index (χ1) is 7.79. The number of nitrogens with zero attached hydrogens (tertiary/aromatic N) is 4. The molecule has 0 unspecified atom stereocenters. The maximum atomic E-state index is 4.34. The summed E-state index contributed by atoms with van der Waals surface area (Å²) in [5, 5.41) is 7.70. The van der Waals surface area contributed by atoms with Crippen LogP contribution in [0.5, 0.6) is 0 Å². The first kappa shape index (κ1) is 11.5. The van der Waals surface area contributed by atoms with E-state index in [2.05, 4.69) is 34.1 Å². The van der Waals surface area contributed by atoms with Crippen LogP contribution in [0.3, 0.4) is 0 Å². The molecule has 0 amide bonds. The quantitative estimate of drug-likeness (QED) is 0.806. The minimum atomic E-state index is 0.580. The lowest BCUT2D eigenvalue weighted by Crippen LogP contribution is -2.48. The van der Waals surface area contributed by atoms with Gasteiger partial charge in [-0.2, -0.15) is 5.10 Å². The number of hydrogen-bond donors (Lipinski definition) is 1. The lowest BCUT2D eigenvalue weighted by molar-refractivity contribution is 0.192. The second-order valence-electron chi connectivity index (χ2n) is 4.49. The molecule has 1 aromatic rings. The van der Waals surface area contributed by atoms with Crippen molar-refractivity contribution in [3.05, 3.63) is 12.2 Å². The molecule has 0 saturated carbocycles. The highest BCUT2D eigenvalue weighted by atomic mass is 15.4. The second-order valence-corrected chi connectivity index (χ2v) is 4.49. The number of nitrogens with one attached hydrogen (secondary N) is 1. The molecule has 90 valence electrons. The van der Waals surface area contributed by atoms with Gasteiger partial charge < -0.3 is 5.32 Å². The highest BCUT2D eigenvalue weighted by Gasteiger charge is 2.17.